The van der Waals surface area contributed by atoms with Crippen LogP contribution < -0.4 is 10.5 Å². The molecule has 140 valence electrons. The Labute approximate surface area is 153 Å². The molecule has 2 unspecified atom stereocenters. The summed E-state index contributed by atoms with van der Waals surface area (Å²) in [4.78, 5) is 27.8. The molecule has 2 rings (SSSR count). The summed E-state index contributed by atoms with van der Waals surface area (Å²) in [5.41, 5.74) is 5.77. The van der Waals surface area contributed by atoms with Crippen LogP contribution >= 0.6 is 12.4 Å². The van der Waals surface area contributed by atoms with E-state index in [1.807, 2.05) is 13.8 Å². The third kappa shape index (κ3) is 5.86. The number of amides is 2. The van der Waals surface area contributed by atoms with Gasteiger partial charge >= 0.3 is 0 Å². The summed E-state index contributed by atoms with van der Waals surface area (Å²) in [5, 5.41) is 0. The monoisotopic (exact) mass is 373 g/mol. The highest BCUT2D eigenvalue weighted by Crippen LogP contribution is 2.13. The van der Waals surface area contributed by atoms with Gasteiger partial charge in [-0.3, -0.25) is 9.59 Å². The van der Waals surface area contributed by atoms with Crippen LogP contribution in [0.15, 0.2) is 24.3 Å². The fraction of sp³-hybridized carbons (Fsp3) is 0.529. The van der Waals surface area contributed by atoms with Gasteiger partial charge in [0.1, 0.15) is 11.6 Å². The maximum atomic E-state index is 12.8. The Bertz CT molecular complexity index is 575. The molecule has 1 heterocycles. The largest absolute Gasteiger partial charge is 0.484 e. The van der Waals surface area contributed by atoms with Crippen LogP contribution in [0.1, 0.15) is 13.8 Å². The van der Waals surface area contributed by atoms with Gasteiger partial charge in [-0.05, 0) is 31.2 Å². The van der Waals surface area contributed by atoms with Crippen molar-refractivity contribution in [3.05, 3.63) is 30.1 Å². The van der Waals surface area contributed by atoms with Gasteiger partial charge in [0.25, 0.3) is 5.91 Å². The second-order valence-corrected chi connectivity index (χ2v) is 6.10. The molecular formula is C17H25ClFN3O3. The number of halogens is 2. The number of benzene rings is 1. The number of ether oxygens (including phenoxy) is 1. The van der Waals surface area contributed by atoms with E-state index in [-0.39, 0.29) is 48.6 Å². The van der Waals surface area contributed by atoms with Gasteiger partial charge in [0.2, 0.25) is 5.91 Å². The van der Waals surface area contributed by atoms with E-state index in [0.29, 0.717) is 31.9 Å². The standard InChI is InChI=1S/C17H24FN3O3.ClH/c1-12(13(2)19)17(23)21-9-7-20(8-10-21)16(22)11-24-15-5-3-14(18)4-6-15;/h3-6,12-13H,7-11,19H2,1-2H3;1H. The minimum Gasteiger partial charge on any atom is -0.484 e. The van der Waals surface area contributed by atoms with Gasteiger partial charge in [-0.2, -0.15) is 0 Å². The lowest BCUT2D eigenvalue weighted by Crippen LogP contribution is -2.53. The maximum absolute atomic E-state index is 12.8. The third-order valence-corrected chi connectivity index (χ3v) is 4.30. The van der Waals surface area contributed by atoms with Crippen LogP contribution in [0.3, 0.4) is 0 Å². The molecule has 1 aromatic rings. The highest BCUT2D eigenvalue weighted by atomic mass is 35.5. The van der Waals surface area contributed by atoms with E-state index in [9.17, 15) is 14.0 Å². The highest BCUT2D eigenvalue weighted by Gasteiger charge is 2.28. The lowest BCUT2D eigenvalue weighted by Gasteiger charge is -2.36. The van der Waals surface area contributed by atoms with Crippen molar-refractivity contribution in [3.63, 3.8) is 0 Å². The SMILES string of the molecule is CC(N)C(C)C(=O)N1CCN(C(=O)COc2ccc(F)cc2)CC1.Cl. The maximum Gasteiger partial charge on any atom is 0.260 e. The smallest absolute Gasteiger partial charge is 0.260 e. The molecule has 1 aromatic carbocycles. The van der Waals surface area contributed by atoms with E-state index >= 15 is 0 Å². The van der Waals surface area contributed by atoms with E-state index in [0.717, 1.165) is 0 Å². The van der Waals surface area contributed by atoms with Crippen LogP contribution in [0.5, 0.6) is 5.75 Å². The zero-order chi connectivity index (χ0) is 17.7. The van der Waals surface area contributed by atoms with Crippen molar-refractivity contribution in [2.45, 2.75) is 19.9 Å². The molecule has 1 aliphatic rings. The van der Waals surface area contributed by atoms with Crippen LogP contribution in [-0.2, 0) is 9.59 Å². The van der Waals surface area contributed by atoms with Gasteiger partial charge in [-0.1, -0.05) is 6.92 Å². The summed E-state index contributed by atoms with van der Waals surface area (Å²) in [6.45, 7) is 5.48. The lowest BCUT2D eigenvalue weighted by molar-refractivity contribution is -0.143. The van der Waals surface area contributed by atoms with Crippen molar-refractivity contribution in [3.8, 4) is 5.75 Å². The number of piperazine rings is 1. The first-order valence-electron chi connectivity index (χ1n) is 8.09. The van der Waals surface area contributed by atoms with Gasteiger partial charge < -0.3 is 20.3 Å². The van der Waals surface area contributed by atoms with Crippen LogP contribution in [0.4, 0.5) is 4.39 Å². The van der Waals surface area contributed by atoms with Gasteiger partial charge in [0.05, 0.1) is 5.92 Å². The van der Waals surface area contributed by atoms with E-state index in [4.69, 9.17) is 10.5 Å². The summed E-state index contributed by atoms with van der Waals surface area (Å²) in [7, 11) is 0. The number of hydrogen-bond donors (Lipinski definition) is 1. The molecule has 2 N–H and O–H groups in total. The van der Waals surface area contributed by atoms with Gasteiger partial charge in [-0.25, -0.2) is 4.39 Å². The van der Waals surface area contributed by atoms with E-state index < -0.39 is 0 Å². The highest BCUT2D eigenvalue weighted by molar-refractivity contribution is 5.85. The molecular weight excluding hydrogens is 349 g/mol. The van der Waals surface area contributed by atoms with Crippen molar-refractivity contribution in [2.24, 2.45) is 11.7 Å². The van der Waals surface area contributed by atoms with Crippen LogP contribution in [0.25, 0.3) is 0 Å². The zero-order valence-corrected chi connectivity index (χ0v) is 15.3. The Morgan fingerprint density at radius 3 is 2.16 bits per heavy atom. The molecule has 0 aliphatic carbocycles. The fourth-order valence-corrected chi connectivity index (χ4v) is 2.46. The molecule has 1 aliphatic heterocycles. The van der Waals surface area contributed by atoms with E-state index in [2.05, 4.69) is 0 Å². The quantitative estimate of drug-likeness (QED) is 0.843. The second kappa shape index (κ2) is 9.58. The first-order chi connectivity index (χ1) is 11.4. The number of carbonyl (C=O) groups is 2. The van der Waals surface area contributed by atoms with Crippen molar-refractivity contribution in [1.82, 2.24) is 9.80 Å². The van der Waals surface area contributed by atoms with E-state index in [1.165, 1.54) is 24.3 Å². The molecule has 0 saturated carbocycles. The molecule has 0 spiro atoms. The summed E-state index contributed by atoms with van der Waals surface area (Å²) in [6, 6.07) is 5.33. The Morgan fingerprint density at radius 1 is 1.12 bits per heavy atom. The van der Waals surface area contributed by atoms with Gasteiger partial charge in [-0.15, -0.1) is 12.4 Å². The molecule has 0 radical (unpaired) electrons. The summed E-state index contributed by atoms with van der Waals surface area (Å²) in [5.74, 6) is -0.250. The molecule has 0 bridgehead atoms. The molecule has 0 aromatic heterocycles. The van der Waals surface area contributed by atoms with Crippen molar-refractivity contribution >= 4 is 24.2 Å². The van der Waals surface area contributed by atoms with Gasteiger partial charge in [0.15, 0.2) is 6.61 Å². The van der Waals surface area contributed by atoms with Crippen molar-refractivity contribution < 1.29 is 18.7 Å². The Balaban J connectivity index is 0.00000312. The number of rotatable bonds is 5. The third-order valence-electron chi connectivity index (χ3n) is 4.30. The molecule has 1 fully saturated rings. The minimum absolute atomic E-state index is 0. The predicted octanol–water partition coefficient (Wildman–Crippen LogP) is 1.28. The summed E-state index contributed by atoms with van der Waals surface area (Å²) in [6.07, 6.45) is 0. The van der Waals surface area contributed by atoms with Crippen LogP contribution in [0.2, 0.25) is 0 Å². The first kappa shape index (κ1) is 21.2. The Morgan fingerprint density at radius 2 is 1.64 bits per heavy atom. The molecule has 6 nitrogen and oxygen atoms in total. The van der Waals surface area contributed by atoms with Crippen molar-refractivity contribution in [2.75, 3.05) is 32.8 Å². The molecule has 2 atom stereocenters. The van der Waals surface area contributed by atoms with Crippen LogP contribution in [-0.4, -0.2) is 60.4 Å². The number of hydrogen-bond acceptors (Lipinski definition) is 4. The van der Waals surface area contributed by atoms with E-state index in [1.54, 1.807) is 9.80 Å². The predicted molar refractivity (Wildman–Crippen MR) is 95.1 cm³/mol. The zero-order valence-electron chi connectivity index (χ0n) is 14.5. The number of carbonyl (C=O) groups excluding carboxylic acids is 2. The summed E-state index contributed by atoms with van der Waals surface area (Å²) >= 11 is 0. The molecule has 2 amide bonds. The van der Waals surface area contributed by atoms with Crippen LogP contribution in [0, 0.1) is 11.7 Å². The number of nitrogens with two attached hydrogens (primary N) is 1. The lowest BCUT2D eigenvalue weighted by atomic mass is 10.0. The number of nitrogens with zero attached hydrogens (tertiary/aromatic N) is 2. The molecule has 25 heavy (non-hydrogen) atoms. The Hall–Kier alpha value is -1.86. The average Bonchev–Trinajstić information content (AvgIpc) is 2.59. The average molecular weight is 374 g/mol. The molecule has 1 saturated heterocycles. The van der Waals surface area contributed by atoms with Gasteiger partial charge in [0, 0.05) is 32.2 Å². The summed E-state index contributed by atoms with van der Waals surface area (Å²) < 4.78 is 18.2. The molecule has 8 heteroatoms. The normalized spacial score (nSPS) is 16.6. The Kier molecular flexibility index (Phi) is 8.12. The minimum atomic E-state index is -0.351. The fourth-order valence-electron chi connectivity index (χ4n) is 2.46. The first-order valence-corrected chi connectivity index (χ1v) is 8.09. The van der Waals surface area contributed by atoms with Crippen molar-refractivity contribution in [1.29, 1.82) is 0 Å². The topological polar surface area (TPSA) is 75.9 Å². The second-order valence-electron chi connectivity index (χ2n) is 6.10.